The van der Waals surface area contributed by atoms with Crippen LogP contribution in [0.25, 0.3) is 0 Å². The van der Waals surface area contributed by atoms with Gasteiger partial charge in [-0.3, -0.25) is 4.79 Å². The van der Waals surface area contributed by atoms with Crippen LogP contribution in [-0.2, 0) is 4.79 Å². The molecule has 2 rings (SSSR count). The average molecular weight is 247 g/mol. The van der Waals surface area contributed by atoms with Gasteiger partial charge in [0.2, 0.25) is 5.91 Å². The van der Waals surface area contributed by atoms with Gasteiger partial charge >= 0.3 is 0 Å². The Morgan fingerprint density at radius 1 is 1.31 bits per heavy atom. The maximum absolute atomic E-state index is 12.2. The first-order valence-electron chi connectivity index (χ1n) is 6.27. The number of nitrogens with zero attached hydrogens (tertiary/aromatic N) is 1. The summed E-state index contributed by atoms with van der Waals surface area (Å²) in [6, 6.07) is 0. The summed E-state index contributed by atoms with van der Waals surface area (Å²) in [5, 5.41) is 3.32. The fourth-order valence-corrected chi connectivity index (χ4v) is 2.71. The summed E-state index contributed by atoms with van der Waals surface area (Å²) in [5.41, 5.74) is 0. The lowest BCUT2D eigenvalue weighted by Gasteiger charge is -2.34. The van der Waals surface area contributed by atoms with E-state index in [1.807, 2.05) is 0 Å². The first-order chi connectivity index (χ1) is 7.27. The average Bonchev–Trinajstić information content (AvgIpc) is 2.29. The van der Waals surface area contributed by atoms with Gasteiger partial charge in [-0.2, -0.15) is 0 Å². The number of halogens is 1. The van der Waals surface area contributed by atoms with Crippen molar-refractivity contribution < 1.29 is 4.79 Å². The van der Waals surface area contributed by atoms with Gasteiger partial charge in [-0.25, -0.2) is 0 Å². The van der Waals surface area contributed by atoms with Crippen LogP contribution in [0.3, 0.4) is 0 Å². The molecule has 4 heteroatoms. The van der Waals surface area contributed by atoms with E-state index in [4.69, 9.17) is 0 Å². The van der Waals surface area contributed by atoms with E-state index in [0.717, 1.165) is 39.0 Å². The highest BCUT2D eigenvalue weighted by atomic mass is 35.5. The Hall–Kier alpha value is -0.280. The van der Waals surface area contributed by atoms with Crippen LogP contribution < -0.4 is 5.32 Å². The highest BCUT2D eigenvalue weighted by molar-refractivity contribution is 5.85. The molecule has 2 heterocycles. The summed E-state index contributed by atoms with van der Waals surface area (Å²) >= 11 is 0. The molecule has 0 radical (unpaired) electrons. The molecule has 0 saturated carbocycles. The Morgan fingerprint density at radius 3 is 2.75 bits per heavy atom. The van der Waals surface area contributed by atoms with Gasteiger partial charge in [0.25, 0.3) is 0 Å². The standard InChI is InChI=1S/C12H22N2O.ClH/c1-10-4-3-7-14(9-10)12(15)11-5-2-6-13-8-11;/h10-11,13H,2-9H2,1H3;1H/t10?,11-;/m1./s1. The second kappa shape index (κ2) is 6.45. The SMILES string of the molecule is CC1CCCN(C(=O)[C@@H]2CCCNC2)C1.Cl. The lowest BCUT2D eigenvalue weighted by atomic mass is 9.94. The minimum Gasteiger partial charge on any atom is -0.342 e. The molecule has 0 aliphatic carbocycles. The number of amides is 1. The Balaban J connectivity index is 0.00000128. The summed E-state index contributed by atoms with van der Waals surface area (Å²) < 4.78 is 0. The van der Waals surface area contributed by atoms with Gasteiger partial charge in [-0.15, -0.1) is 12.4 Å². The van der Waals surface area contributed by atoms with E-state index in [9.17, 15) is 4.79 Å². The molecule has 3 nitrogen and oxygen atoms in total. The fraction of sp³-hybridized carbons (Fsp3) is 0.917. The number of likely N-dealkylation sites (tertiary alicyclic amines) is 1. The van der Waals surface area contributed by atoms with Crippen molar-refractivity contribution >= 4 is 18.3 Å². The molecular formula is C12H23ClN2O. The number of carbonyl (C=O) groups excluding carboxylic acids is 1. The highest BCUT2D eigenvalue weighted by Gasteiger charge is 2.28. The van der Waals surface area contributed by atoms with Crippen LogP contribution in [0.2, 0.25) is 0 Å². The summed E-state index contributed by atoms with van der Waals surface area (Å²) in [6.45, 7) is 6.19. The predicted octanol–water partition coefficient (Wildman–Crippen LogP) is 1.67. The van der Waals surface area contributed by atoms with Crippen LogP contribution in [0.15, 0.2) is 0 Å². The summed E-state index contributed by atoms with van der Waals surface area (Å²) in [4.78, 5) is 14.3. The Morgan fingerprint density at radius 2 is 2.12 bits per heavy atom. The van der Waals surface area contributed by atoms with E-state index < -0.39 is 0 Å². The van der Waals surface area contributed by atoms with Crippen molar-refractivity contribution in [2.75, 3.05) is 26.2 Å². The van der Waals surface area contributed by atoms with Crippen molar-refractivity contribution in [3.05, 3.63) is 0 Å². The molecule has 0 spiro atoms. The summed E-state index contributed by atoms with van der Waals surface area (Å²) in [7, 11) is 0. The predicted molar refractivity (Wildman–Crippen MR) is 67.8 cm³/mol. The Kier molecular flexibility index (Phi) is 5.56. The lowest BCUT2D eigenvalue weighted by Crippen LogP contribution is -2.46. The van der Waals surface area contributed by atoms with Gasteiger partial charge in [-0.1, -0.05) is 6.92 Å². The maximum atomic E-state index is 12.2. The quantitative estimate of drug-likeness (QED) is 0.764. The second-order valence-corrected chi connectivity index (χ2v) is 5.07. The second-order valence-electron chi connectivity index (χ2n) is 5.07. The number of carbonyl (C=O) groups is 1. The van der Waals surface area contributed by atoms with E-state index in [-0.39, 0.29) is 18.3 Å². The molecule has 0 bridgehead atoms. The first-order valence-corrected chi connectivity index (χ1v) is 6.27. The third kappa shape index (κ3) is 3.36. The van der Waals surface area contributed by atoms with Gasteiger partial charge in [0.15, 0.2) is 0 Å². The maximum Gasteiger partial charge on any atom is 0.226 e. The molecule has 16 heavy (non-hydrogen) atoms. The number of rotatable bonds is 1. The molecule has 94 valence electrons. The molecule has 1 N–H and O–H groups in total. The van der Waals surface area contributed by atoms with Crippen molar-refractivity contribution in [3.8, 4) is 0 Å². The molecular weight excluding hydrogens is 224 g/mol. The molecule has 2 aliphatic rings. The molecule has 0 aromatic carbocycles. The van der Waals surface area contributed by atoms with Gasteiger partial charge in [0.05, 0.1) is 5.92 Å². The van der Waals surface area contributed by atoms with E-state index in [1.165, 1.54) is 12.8 Å². The molecule has 2 atom stereocenters. The monoisotopic (exact) mass is 246 g/mol. The van der Waals surface area contributed by atoms with Crippen LogP contribution in [0.4, 0.5) is 0 Å². The smallest absolute Gasteiger partial charge is 0.226 e. The van der Waals surface area contributed by atoms with Crippen molar-refractivity contribution in [2.24, 2.45) is 11.8 Å². The van der Waals surface area contributed by atoms with Crippen LogP contribution in [0, 0.1) is 11.8 Å². The largest absolute Gasteiger partial charge is 0.342 e. The molecule has 0 aromatic heterocycles. The van der Waals surface area contributed by atoms with E-state index in [2.05, 4.69) is 17.1 Å². The van der Waals surface area contributed by atoms with Crippen molar-refractivity contribution in [3.63, 3.8) is 0 Å². The topological polar surface area (TPSA) is 32.3 Å². The number of hydrogen-bond acceptors (Lipinski definition) is 2. The van der Waals surface area contributed by atoms with Crippen LogP contribution >= 0.6 is 12.4 Å². The zero-order valence-electron chi connectivity index (χ0n) is 10.1. The van der Waals surface area contributed by atoms with Gasteiger partial charge in [0, 0.05) is 19.6 Å². The summed E-state index contributed by atoms with van der Waals surface area (Å²) in [6.07, 6.45) is 4.70. The minimum absolute atomic E-state index is 0. The van der Waals surface area contributed by atoms with Gasteiger partial charge in [0.1, 0.15) is 0 Å². The molecule has 2 aliphatic heterocycles. The zero-order valence-corrected chi connectivity index (χ0v) is 10.9. The minimum atomic E-state index is 0. The van der Waals surface area contributed by atoms with Crippen molar-refractivity contribution in [1.29, 1.82) is 0 Å². The third-order valence-electron chi connectivity index (χ3n) is 3.61. The van der Waals surface area contributed by atoms with Crippen molar-refractivity contribution in [2.45, 2.75) is 32.6 Å². The third-order valence-corrected chi connectivity index (χ3v) is 3.61. The van der Waals surface area contributed by atoms with E-state index in [1.54, 1.807) is 0 Å². The van der Waals surface area contributed by atoms with E-state index in [0.29, 0.717) is 11.8 Å². The molecule has 2 fully saturated rings. The Labute approximate surface area is 104 Å². The number of hydrogen-bond donors (Lipinski definition) is 1. The highest BCUT2D eigenvalue weighted by Crippen LogP contribution is 2.20. The molecule has 2 saturated heterocycles. The van der Waals surface area contributed by atoms with Gasteiger partial charge in [-0.05, 0) is 38.1 Å². The zero-order chi connectivity index (χ0) is 10.7. The summed E-state index contributed by atoms with van der Waals surface area (Å²) in [5.74, 6) is 1.34. The van der Waals surface area contributed by atoms with Gasteiger partial charge < -0.3 is 10.2 Å². The number of nitrogens with one attached hydrogen (secondary N) is 1. The van der Waals surface area contributed by atoms with Crippen molar-refractivity contribution in [1.82, 2.24) is 10.2 Å². The lowest BCUT2D eigenvalue weighted by molar-refractivity contribution is -0.137. The molecule has 0 aromatic rings. The normalized spacial score (nSPS) is 30.7. The fourth-order valence-electron chi connectivity index (χ4n) is 2.71. The molecule has 1 amide bonds. The van der Waals surface area contributed by atoms with E-state index >= 15 is 0 Å². The molecule has 1 unspecified atom stereocenters. The van der Waals surface area contributed by atoms with Crippen LogP contribution in [-0.4, -0.2) is 37.0 Å². The first kappa shape index (κ1) is 13.8. The Bertz CT molecular complexity index is 229. The number of piperidine rings is 2. The van der Waals surface area contributed by atoms with Crippen LogP contribution in [0.5, 0.6) is 0 Å². The van der Waals surface area contributed by atoms with Crippen LogP contribution in [0.1, 0.15) is 32.6 Å².